The third kappa shape index (κ3) is 4.35. The first-order chi connectivity index (χ1) is 4.31. The van der Waals surface area contributed by atoms with Gasteiger partial charge in [0.2, 0.25) is 0 Å². The van der Waals surface area contributed by atoms with Crippen molar-refractivity contribution in [3.8, 4) is 6.26 Å². The van der Waals surface area contributed by atoms with Crippen LogP contribution in [-0.2, 0) is 4.74 Å². The molecular weight excluding hydrogens is 120 g/mol. The largest absolute Gasteiger partial charge is 0.422 e. The third-order valence-corrected chi connectivity index (χ3v) is 0.529. The zero-order valence-corrected chi connectivity index (χ0v) is 4.76. The number of carbonyl (C=O) groups excluding carboxylic acids is 1. The van der Waals surface area contributed by atoms with E-state index in [1.54, 1.807) is 0 Å². The van der Waals surface area contributed by atoms with E-state index in [4.69, 9.17) is 5.26 Å². The first kappa shape index (κ1) is 7.50. The van der Waals surface area contributed by atoms with E-state index in [0.29, 0.717) is 6.54 Å². The molecule has 9 heavy (non-hydrogen) atoms. The summed E-state index contributed by atoms with van der Waals surface area (Å²) >= 11 is 0. The number of hydrogen-bond donors (Lipinski definition) is 1. The van der Waals surface area contributed by atoms with Crippen molar-refractivity contribution in [1.29, 1.82) is 5.26 Å². The molecule has 0 aliphatic carbocycles. The van der Waals surface area contributed by atoms with E-state index in [1.165, 1.54) is 12.3 Å². The molecule has 0 spiro atoms. The van der Waals surface area contributed by atoms with E-state index < -0.39 is 6.09 Å². The summed E-state index contributed by atoms with van der Waals surface area (Å²) < 4.78 is 3.85. The molecule has 48 valence electrons. The Kier molecular flexibility index (Phi) is 3.88. The second-order valence-electron chi connectivity index (χ2n) is 1.15. The maximum absolute atomic E-state index is 10.2. The minimum absolute atomic E-state index is 0.306. The minimum atomic E-state index is -0.752. The maximum atomic E-state index is 10.2. The smallest absolute Gasteiger partial charge is 0.334 e. The van der Waals surface area contributed by atoms with Crippen molar-refractivity contribution in [2.45, 2.75) is 0 Å². The van der Waals surface area contributed by atoms with E-state index in [-0.39, 0.29) is 0 Å². The molecule has 0 rings (SSSR count). The number of hydrogen-bond acceptors (Lipinski definition) is 3. The molecule has 0 aliphatic rings. The summed E-state index contributed by atoms with van der Waals surface area (Å²) in [5.41, 5.74) is 0. The van der Waals surface area contributed by atoms with Crippen LogP contribution in [-0.4, -0.2) is 12.6 Å². The summed E-state index contributed by atoms with van der Waals surface area (Å²) in [6.07, 6.45) is 1.96. The van der Waals surface area contributed by atoms with E-state index in [2.05, 4.69) is 16.6 Å². The van der Waals surface area contributed by atoms with E-state index in [1.807, 2.05) is 0 Å². The van der Waals surface area contributed by atoms with Crippen LogP contribution >= 0.6 is 0 Å². The van der Waals surface area contributed by atoms with Crippen LogP contribution in [0.25, 0.3) is 0 Å². The van der Waals surface area contributed by atoms with Gasteiger partial charge in [0.15, 0.2) is 0 Å². The molecule has 4 heteroatoms. The molecule has 0 bridgehead atoms. The monoisotopic (exact) mass is 126 g/mol. The molecule has 4 nitrogen and oxygen atoms in total. The Morgan fingerprint density at radius 3 is 3.11 bits per heavy atom. The predicted molar refractivity (Wildman–Crippen MR) is 30.3 cm³/mol. The summed E-state index contributed by atoms with van der Waals surface area (Å²) in [5.74, 6) is 0. The quantitative estimate of drug-likeness (QED) is 0.429. The van der Waals surface area contributed by atoms with Crippen LogP contribution < -0.4 is 5.32 Å². The second kappa shape index (κ2) is 4.65. The van der Waals surface area contributed by atoms with Crippen LogP contribution in [0.3, 0.4) is 0 Å². The Morgan fingerprint density at radius 1 is 2.00 bits per heavy atom. The van der Waals surface area contributed by atoms with Crippen molar-refractivity contribution >= 4 is 6.09 Å². The molecule has 0 aromatic heterocycles. The van der Waals surface area contributed by atoms with E-state index in [9.17, 15) is 4.79 Å². The molecule has 0 aliphatic heterocycles. The highest BCUT2D eigenvalue weighted by molar-refractivity contribution is 5.68. The first-order valence-electron chi connectivity index (χ1n) is 2.26. The van der Waals surface area contributed by atoms with Gasteiger partial charge in [-0.05, 0) is 0 Å². The number of ether oxygens (including phenoxy) is 1. The zero-order chi connectivity index (χ0) is 7.11. The van der Waals surface area contributed by atoms with Gasteiger partial charge in [0.25, 0.3) is 6.26 Å². The van der Waals surface area contributed by atoms with Crippen molar-refractivity contribution in [3.05, 3.63) is 12.7 Å². The maximum Gasteiger partial charge on any atom is 0.422 e. The average Bonchev–Trinajstić information content (AvgIpc) is 1.85. The van der Waals surface area contributed by atoms with Crippen molar-refractivity contribution in [2.75, 3.05) is 6.54 Å². The zero-order valence-electron chi connectivity index (χ0n) is 4.76. The summed E-state index contributed by atoms with van der Waals surface area (Å²) in [6.45, 7) is 3.65. The van der Waals surface area contributed by atoms with Crippen LogP contribution in [0.4, 0.5) is 4.79 Å². The highest BCUT2D eigenvalue weighted by Gasteiger charge is 1.94. The Bertz CT molecular complexity index is 148. The fourth-order valence-electron chi connectivity index (χ4n) is 0.233. The standard InChI is InChI=1S/C5H6N2O2/c1-2-3-7-5(8)9-4-6/h2H,1,3H2,(H,7,8). The number of nitriles is 1. The molecule has 0 fully saturated rings. The molecule has 0 heterocycles. The lowest BCUT2D eigenvalue weighted by molar-refractivity contribution is 0.191. The lowest BCUT2D eigenvalue weighted by Gasteiger charge is -1.93. The van der Waals surface area contributed by atoms with Crippen LogP contribution in [0.5, 0.6) is 0 Å². The van der Waals surface area contributed by atoms with Crippen molar-refractivity contribution in [1.82, 2.24) is 5.32 Å². The number of rotatable bonds is 2. The van der Waals surface area contributed by atoms with Gasteiger partial charge in [-0.1, -0.05) is 6.08 Å². The molecule has 0 aromatic rings. The Morgan fingerprint density at radius 2 is 2.67 bits per heavy atom. The van der Waals surface area contributed by atoms with Gasteiger partial charge in [-0.3, -0.25) is 0 Å². The highest BCUT2D eigenvalue weighted by Crippen LogP contribution is 1.71. The van der Waals surface area contributed by atoms with Crippen molar-refractivity contribution in [2.24, 2.45) is 0 Å². The predicted octanol–water partition coefficient (Wildman–Crippen LogP) is 0.380. The molecule has 0 saturated carbocycles. The topological polar surface area (TPSA) is 62.1 Å². The normalized spacial score (nSPS) is 7.00. The molecule has 0 atom stereocenters. The van der Waals surface area contributed by atoms with Gasteiger partial charge in [0, 0.05) is 6.54 Å². The molecule has 1 amide bonds. The van der Waals surface area contributed by atoms with Crippen LogP contribution in [0, 0.1) is 11.5 Å². The van der Waals surface area contributed by atoms with Crippen molar-refractivity contribution in [3.63, 3.8) is 0 Å². The minimum Gasteiger partial charge on any atom is -0.334 e. The summed E-state index contributed by atoms with van der Waals surface area (Å²) in [4.78, 5) is 10.2. The summed E-state index contributed by atoms with van der Waals surface area (Å²) in [7, 11) is 0. The lowest BCUT2D eigenvalue weighted by atomic mass is 10.6. The fraction of sp³-hybridized carbons (Fsp3) is 0.200. The lowest BCUT2D eigenvalue weighted by Crippen LogP contribution is -2.22. The van der Waals surface area contributed by atoms with Gasteiger partial charge in [-0.2, -0.15) is 0 Å². The Balaban J connectivity index is 3.29. The SMILES string of the molecule is C=CCNC(=O)OC#N. The average molecular weight is 126 g/mol. The number of amides is 1. The van der Waals surface area contributed by atoms with Crippen molar-refractivity contribution < 1.29 is 9.53 Å². The second-order valence-corrected chi connectivity index (χ2v) is 1.15. The molecule has 0 aromatic carbocycles. The molecule has 0 unspecified atom stereocenters. The number of carbonyl (C=O) groups is 1. The Hall–Kier alpha value is -1.50. The molecular formula is C5H6N2O2. The first-order valence-corrected chi connectivity index (χ1v) is 2.26. The Labute approximate surface area is 52.7 Å². The van der Waals surface area contributed by atoms with Gasteiger partial charge in [0.1, 0.15) is 0 Å². The number of alkyl carbamates (subject to hydrolysis) is 1. The molecule has 1 N–H and O–H groups in total. The number of nitrogens with zero attached hydrogens (tertiary/aromatic N) is 1. The van der Waals surface area contributed by atoms with Crippen LogP contribution in [0.1, 0.15) is 0 Å². The number of nitrogens with one attached hydrogen (secondary N) is 1. The summed E-state index contributed by atoms with van der Waals surface area (Å²) in [5, 5.41) is 10.0. The van der Waals surface area contributed by atoms with Gasteiger partial charge in [-0.25, -0.2) is 4.79 Å². The van der Waals surface area contributed by atoms with E-state index in [0.717, 1.165) is 0 Å². The molecule has 0 radical (unpaired) electrons. The third-order valence-electron chi connectivity index (χ3n) is 0.529. The van der Waals surface area contributed by atoms with Crippen LogP contribution in [0.15, 0.2) is 12.7 Å². The highest BCUT2D eigenvalue weighted by atomic mass is 16.5. The molecule has 0 saturated heterocycles. The van der Waals surface area contributed by atoms with Gasteiger partial charge in [-0.15, -0.1) is 11.8 Å². The van der Waals surface area contributed by atoms with Gasteiger partial charge in [0.05, 0.1) is 0 Å². The van der Waals surface area contributed by atoms with Gasteiger partial charge < -0.3 is 10.1 Å². The summed E-state index contributed by atoms with van der Waals surface area (Å²) in [6, 6.07) is 0. The van der Waals surface area contributed by atoms with Gasteiger partial charge >= 0.3 is 6.09 Å². The van der Waals surface area contributed by atoms with E-state index >= 15 is 0 Å². The fourth-order valence-corrected chi connectivity index (χ4v) is 0.233. The van der Waals surface area contributed by atoms with Crippen LogP contribution in [0.2, 0.25) is 0 Å².